The first-order valence-electron chi connectivity index (χ1n) is 7.59. The summed E-state index contributed by atoms with van der Waals surface area (Å²) in [6, 6.07) is 8.62. The number of aryl methyl sites for hydroxylation is 1. The van der Waals surface area contributed by atoms with E-state index in [-0.39, 0.29) is 24.9 Å². The molecule has 0 bridgehead atoms. The van der Waals surface area contributed by atoms with Crippen LogP contribution in [-0.4, -0.2) is 42.5 Å². The number of methoxy groups -OCH3 is 2. The first kappa shape index (κ1) is 18.2. The van der Waals surface area contributed by atoms with E-state index in [9.17, 15) is 9.59 Å². The van der Waals surface area contributed by atoms with Crippen LogP contribution >= 0.6 is 0 Å². The van der Waals surface area contributed by atoms with Crippen LogP contribution in [0.5, 0.6) is 11.8 Å². The summed E-state index contributed by atoms with van der Waals surface area (Å²) in [7, 11) is 2.95. The van der Waals surface area contributed by atoms with E-state index in [1.54, 1.807) is 12.1 Å². The summed E-state index contributed by atoms with van der Waals surface area (Å²) in [6.07, 6.45) is 0. The third kappa shape index (κ3) is 5.45. The molecular formula is C17H20N4O4. The molecule has 0 aliphatic carbocycles. The number of hydrogen-bond donors (Lipinski definition) is 2. The Morgan fingerprint density at radius 3 is 2.16 bits per heavy atom. The molecule has 0 fully saturated rings. The van der Waals surface area contributed by atoms with Gasteiger partial charge in [0.15, 0.2) is 5.82 Å². The van der Waals surface area contributed by atoms with Gasteiger partial charge in [-0.3, -0.25) is 9.59 Å². The van der Waals surface area contributed by atoms with E-state index in [1.165, 1.54) is 20.3 Å². The monoisotopic (exact) mass is 344 g/mol. The van der Waals surface area contributed by atoms with Gasteiger partial charge in [0.1, 0.15) is 0 Å². The van der Waals surface area contributed by atoms with E-state index >= 15 is 0 Å². The van der Waals surface area contributed by atoms with Crippen LogP contribution in [0.3, 0.4) is 0 Å². The Hall–Kier alpha value is -3.16. The van der Waals surface area contributed by atoms with Gasteiger partial charge in [0.05, 0.1) is 33.4 Å². The van der Waals surface area contributed by atoms with Crippen molar-refractivity contribution in [3.8, 4) is 11.8 Å². The van der Waals surface area contributed by atoms with Gasteiger partial charge in [-0.1, -0.05) is 17.7 Å². The zero-order valence-corrected chi connectivity index (χ0v) is 14.3. The summed E-state index contributed by atoms with van der Waals surface area (Å²) in [6.45, 7) is 1.88. The minimum Gasteiger partial charge on any atom is -0.481 e. The summed E-state index contributed by atoms with van der Waals surface area (Å²) in [5.41, 5.74) is 1.56. The highest BCUT2D eigenvalue weighted by molar-refractivity contribution is 5.96. The van der Waals surface area contributed by atoms with Crippen molar-refractivity contribution in [2.24, 2.45) is 0 Å². The predicted octanol–water partition coefficient (Wildman–Crippen LogP) is 0.848. The summed E-state index contributed by atoms with van der Waals surface area (Å²) in [5.74, 6) is 0.349. The van der Waals surface area contributed by atoms with Crippen molar-refractivity contribution >= 4 is 11.8 Å². The average molecular weight is 344 g/mol. The first-order chi connectivity index (χ1) is 12.0. The highest BCUT2D eigenvalue weighted by Gasteiger charge is 2.10. The average Bonchev–Trinajstić information content (AvgIpc) is 2.64. The highest BCUT2D eigenvalue weighted by atomic mass is 16.5. The molecule has 0 radical (unpaired) electrons. The van der Waals surface area contributed by atoms with E-state index in [2.05, 4.69) is 20.6 Å². The van der Waals surface area contributed by atoms with Crippen LogP contribution in [0.15, 0.2) is 30.3 Å². The molecule has 8 nitrogen and oxygen atoms in total. The molecule has 0 atom stereocenters. The molecule has 1 aromatic heterocycles. The van der Waals surface area contributed by atoms with Crippen molar-refractivity contribution in [2.45, 2.75) is 13.5 Å². The Bertz CT molecular complexity index is 725. The van der Waals surface area contributed by atoms with Crippen molar-refractivity contribution < 1.29 is 19.1 Å². The molecule has 0 saturated carbocycles. The van der Waals surface area contributed by atoms with Crippen LogP contribution in [-0.2, 0) is 11.3 Å². The normalized spacial score (nSPS) is 10.0. The zero-order valence-electron chi connectivity index (χ0n) is 14.3. The second-order valence-corrected chi connectivity index (χ2v) is 5.19. The fraction of sp³-hybridized carbons (Fsp3) is 0.294. The lowest BCUT2D eigenvalue weighted by Gasteiger charge is -2.08. The van der Waals surface area contributed by atoms with Crippen molar-refractivity contribution in [2.75, 3.05) is 20.8 Å². The SMILES string of the molecule is COc1cc(OC)nc(CNC(=O)CNC(=O)c2ccc(C)cc2)n1. The fourth-order valence-electron chi connectivity index (χ4n) is 1.95. The first-order valence-corrected chi connectivity index (χ1v) is 7.59. The van der Waals surface area contributed by atoms with Gasteiger partial charge in [-0.25, -0.2) is 0 Å². The number of nitrogens with one attached hydrogen (secondary N) is 2. The molecular weight excluding hydrogens is 324 g/mol. The number of aromatic nitrogens is 2. The summed E-state index contributed by atoms with van der Waals surface area (Å²) >= 11 is 0. The van der Waals surface area contributed by atoms with Crippen LogP contribution in [0.1, 0.15) is 21.7 Å². The second-order valence-electron chi connectivity index (χ2n) is 5.19. The molecule has 2 amide bonds. The summed E-state index contributed by atoms with van der Waals surface area (Å²) < 4.78 is 10.1. The molecule has 0 unspecified atom stereocenters. The molecule has 2 N–H and O–H groups in total. The van der Waals surface area contributed by atoms with E-state index < -0.39 is 0 Å². The molecule has 0 saturated heterocycles. The van der Waals surface area contributed by atoms with Gasteiger partial charge in [-0.2, -0.15) is 9.97 Å². The minimum atomic E-state index is -0.356. The van der Waals surface area contributed by atoms with Gasteiger partial charge in [0, 0.05) is 5.56 Å². The number of ether oxygens (including phenoxy) is 2. The van der Waals surface area contributed by atoms with Gasteiger partial charge in [0.2, 0.25) is 17.7 Å². The lowest BCUT2D eigenvalue weighted by molar-refractivity contribution is -0.120. The van der Waals surface area contributed by atoms with Gasteiger partial charge in [-0.05, 0) is 19.1 Å². The highest BCUT2D eigenvalue weighted by Crippen LogP contribution is 2.14. The molecule has 2 rings (SSSR count). The maximum atomic E-state index is 12.0. The number of nitrogens with zero attached hydrogens (tertiary/aromatic N) is 2. The lowest BCUT2D eigenvalue weighted by Crippen LogP contribution is -2.36. The van der Waals surface area contributed by atoms with Crippen molar-refractivity contribution in [3.63, 3.8) is 0 Å². The smallest absolute Gasteiger partial charge is 0.251 e. The predicted molar refractivity (Wildman–Crippen MR) is 90.5 cm³/mol. The largest absolute Gasteiger partial charge is 0.481 e. The molecule has 0 spiro atoms. The molecule has 0 aliphatic rings. The standard InChI is InChI=1S/C17H20N4O4/c1-11-4-6-12(7-5-11)17(23)19-10-14(22)18-9-13-20-15(24-2)8-16(21-13)25-3/h4-8H,9-10H2,1-3H3,(H,18,22)(H,19,23). The van der Waals surface area contributed by atoms with Crippen LogP contribution < -0.4 is 20.1 Å². The van der Waals surface area contributed by atoms with Gasteiger partial charge < -0.3 is 20.1 Å². The summed E-state index contributed by atoms with van der Waals surface area (Å²) in [4.78, 5) is 32.0. The van der Waals surface area contributed by atoms with Crippen LogP contribution in [0.2, 0.25) is 0 Å². The molecule has 0 aliphatic heterocycles. The van der Waals surface area contributed by atoms with E-state index in [0.717, 1.165) is 5.56 Å². The van der Waals surface area contributed by atoms with Crippen LogP contribution in [0, 0.1) is 6.92 Å². The third-order valence-electron chi connectivity index (χ3n) is 3.31. The van der Waals surface area contributed by atoms with E-state index in [4.69, 9.17) is 9.47 Å². The number of carbonyl (C=O) groups is 2. The maximum absolute atomic E-state index is 12.0. The van der Waals surface area contributed by atoms with Gasteiger partial charge in [0.25, 0.3) is 5.91 Å². The molecule has 132 valence electrons. The number of amides is 2. The van der Waals surface area contributed by atoms with Crippen molar-refractivity contribution in [3.05, 3.63) is 47.3 Å². The van der Waals surface area contributed by atoms with Gasteiger partial charge in [-0.15, -0.1) is 0 Å². The van der Waals surface area contributed by atoms with Gasteiger partial charge >= 0.3 is 0 Å². The van der Waals surface area contributed by atoms with E-state index in [1.807, 2.05) is 19.1 Å². The Balaban J connectivity index is 1.84. The minimum absolute atomic E-state index is 0.0901. The molecule has 8 heteroatoms. The zero-order chi connectivity index (χ0) is 18.2. The van der Waals surface area contributed by atoms with Crippen molar-refractivity contribution in [1.29, 1.82) is 0 Å². The number of rotatable bonds is 7. The Morgan fingerprint density at radius 2 is 1.60 bits per heavy atom. The molecule has 1 heterocycles. The van der Waals surface area contributed by atoms with Crippen LogP contribution in [0.25, 0.3) is 0 Å². The van der Waals surface area contributed by atoms with Crippen molar-refractivity contribution in [1.82, 2.24) is 20.6 Å². The number of carbonyl (C=O) groups excluding carboxylic acids is 2. The maximum Gasteiger partial charge on any atom is 0.251 e. The molecule has 1 aromatic carbocycles. The fourth-order valence-corrected chi connectivity index (χ4v) is 1.95. The lowest BCUT2D eigenvalue weighted by atomic mass is 10.1. The van der Waals surface area contributed by atoms with E-state index in [0.29, 0.717) is 23.1 Å². The molecule has 2 aromatic rings. The number of benzene rings is 1. The van der Waals surface area contributed by atoms with Crippen LogP contribution in [0.4, 0.5) is 0 Å². The Labute approximate surface area is 145 Å². The summed E-state index contributed by atoms with van der Waals surface area (Å²) in [5, 5.41) is 5.19. The Kier molecular flexibility index (Phi) is 6.27. The number of hydrogen-bond acceptors (Lipinski definition) is 6. The Morgan fingerprint density at radius 1 is 1.00 bits per heavy atom. The quantitative estimate of drug-likeness (QED) is 0.772. The topological polar surface area (TPSA) is 102 Å². The third-order valence-corrected chi connectivity index (χ3v) is 3.31. The second kappa shape index (κ2) is 8.62. The molecule has 25 heavy (non-hydrogen) atoms.